The number of quaternary nitrogens is 1. The lowest BCUT2D eigenvalue weighted by molar-refractivity contribution is -0.870. The number of phosphoric acid groups is 1. The fraction of sp³-hybridized carbons (Fsp3) is 0.930. The lowest BCUT2D eigenvalue weighted by Crippen LogP contribution is -2.37. The Bertz CT molecular complexity index is 848. The second kappa shape index (κ2) is 37.0. The highest BCUT2D eigenvalue weighted by atomic mass is 31.2. The Kier molecular flexibility index (Phi) is 36.4. The Labute approximate surface area is 322 Å². The maximum atomic E-state index is 12.7. The molecule has 2 atom stereocenters. The van der Waals surface area contributed by atoms with Crippen LogP contribution in [0.4, 0.5) is 0 Å². The summed E-state index contributed by atoms with van der Waals surface area (Å²) in [6, 6.07) is 0. The van der Waals surface area contributed by atoms with Gasteiger partial charge in [-0.3, -0.25) is 13.8 Å². The molecule has 0 fully saturated rings. The Hall–Kier alpha value is -0.920. The fourth-order valence-corrected chi connectivity index (χ4v) is 6.97. The van der Waals surface area contributed by atoms with Crippen molar-refractivity contribution in [3.05, 3.63) is 12.3 Å². The summed E-state index contributed by atoms with van der Waals surface area (Å²) in [5, 5.41) is 0. The van der Waals surface area contributed by atoms with Gasteiger partial charge in [0, 0.05) is 6.42 Å². The normalized spacial score (nSPS) is 13.8. The first-order valence-corrected chi connectivity index (χ1v) is 23.5. The van der Waals surface area contributed by atoms with Crippen LogP contribution in [0.1, 0.15) is 206 Å². The van der Waals surface area contributed by atoms with Gasteiger partial charge in [0.25, 0.3) is 0 Å². The van der Waals surface area contributed by atoms with Crippen molar-refractivity contribution in [2.45, 2.75) is 213 Å². The first-order chi connectivity index (χ1) is 25.1. The van der Waals surface area contributed by atoms with Crippen molar-refractivity contribution in [2.24, 2.45) is 0 Å². The molecule has 0 amide bonds. The molecule has 9 heteroatoms. The Morgan fingerprint density at radius 3 is 1.42 bits per heavy atom. The Morgan fingerprint density at radius 1 is 0.596 bits per heavy atom. The number of ether oxygens (including phenoxy) is 2. The second-order valence-corrected chi connectivity index (χ2v) is 17.6. The minimum atomic E-state index is -4.28. The third kappa shape index (κ3) is 40.3. The van der Waals surface area contributed by atoms with Crippen molar-refractivity contribution >= 4 is 13.8 Å². The zero-order chi connectivity index (χ0) is 38.4. The van der Waals surface area contributed by atoms with Gasteiger partial charge in [0.05, 0.1) is 34.0 Å². The highest BCUT2D eigenvalue weighted by molar-refractivity contribution is 7.47. The molecule has 0 saturated carbocycles. The molecule has 0 radical (unpaired) electrons. The third-order valence-electron chi connectivity index (χ3n) is 9.67. The average Bonchev–Trinajstić information content (AvgIpc) is 3.09. The standard InChI is InChI=1S/C43H86NO7P/c1-6-8-10-12-14-16-18-20-22-23-24-26-28-30-32-34-36-43(45)51-42(41-50-52(46,47)49-39-37-44(3,4)5)40-48-38-35-33-31-29-27-25-21-19-17-15-13-11-9-7-2/h35,38,42H,6-34,36-37,39-41H2,1-5H3/p+1/b38-35-/t42-/m1/s1. The van der Waals surface area contributed by atoms with E-state index >= 15 is 0 Å². The lowest BCUT2D eigenvalue weighted by atomic mass is 10.0. The van der Waals surface area contributed by atoms with Gasteiger partial charge in [-0.05, 0) is 25.3 Å². The molecule has 0 aliphatic rings. The Morgan fingerprint density at radius 2 is 1.00 bits per heavy atom. The number of carbonyl (C=O) groups excluding carboxylic acids is 1. The largest absolute Gasteiger partial charge is 0.498 e. The van der Waals surface area contributed by atoms with Gasteiger partial charge in [-0.15, -0.1) is 0 Å². The molecule has 1 unspecified atom stereocenters. The number of rotatable bonds is 41. The first-order valence-electron chi connectivity index (χ1n) is 22.0. The number of esters is 1. The summed E-state index contributed by atoms with van der Waals surface area (Å²) in [5.41, 5.74) is 0. The van der Waals surface area contributed by atoms with Gasteiger partial charge in [-0.1, -0.05) is 181 Å². The predicted molar refractivity (Wildman–Crippen MR) is 219 cm³/mol. The molecular formula is C43H87NO7P+. The Balaban J connectivity index is 4.25. The van der Waals surface area contributed by atoms with Crippen LogP contribution in [0, 0.1) is 0 Å². The summed E-state index contributed by atoms with van der Waals surface area (Å²) in [7, 11) is 1.65. The minimum absolute atomic E-state index is 0.0541. The molecule has 0 spiro atoms. The van der Waals surface area contributed by atoms with E-state index in [-0.39, 0.29) is 25.8 Å². The van der Waals surface area contributed by atoms with E-state index in [1.54, 1.807) is 6.26 Å². The van der Waals surface area contributed by atoms with E-state index in [2.05, 4.69) is 13.8 Å². The van der Waals surface area contributed by atoms with Crippen molar-refractivity contribution in [2.75, 3.05) is 47.5 Å². The number of likely N-dealkylation sites (N-methyl/N-ethyl adjacent to an activating group) is 1. The van der Waals surface area contributed by atoms with Crippen LogP contribution >= 0.6 is 7.82 Å². The molecule has 0 aliphatic carbocycles. The molecule has 0 aromatic carbocycles. The van der Waals surface area contributed by atoms with E-state index in [1.807, 2.05) is 27.2 Å². The number of allylic oxidation sites excluding steroid dienone is 1. The summed E-state index contributed by atoms with van der Waals surface area (Å²) in [6.07, 6.45) is 40.5. The number of hydrogen-bond acceptors (Lipinski definition) is 6. The molecule has 0 aliphatic heterocycles. The van der Waals surface area contributed by atoms with Crippen LogP contribution in [-0.2, 0) is 27.9 Å². The van der Waals surface area contributed by atoms with Crippen LogP contribution in [0.3, 0.4) is 0 Å². The van der Waals surface area contributed by atoms with Gasteiger partial charge < -0.3 is 18.9 Å². The molecular weight excluding hydrogens is 673 g/mol. The monoisotopic (exact) mass is 761 g/mol. The van der Waals surface area contributed by atoms with Crippen molar-refractivity contribution < 1.29 is 37.3 Å². The van der Waals surface area contributed by atoms with Gasteiger partial charge >= 0.3 is 13.8 Å². The van der Waals surface area contributed by atoms with E-state index < -0.39 is 13.9 Å². The topological polar surface area (TPSA) is 91.3 Å². The second-order valence-electron chi connectivity index (χ2n) is 16.2. The van der Waals surface area contributed by atoms with Crippen molar-refractivity contribution in [1.82, 2.24) is 0 Å². The van der Waals surface area contributed by atoms with Crippen molar-refractivity contribution in [1.29, 1.82) is 0 Å². The molecule has 0 aromatic rings. The van der Waals surface area contributed by atoms with Gasteiger partial charge in [-0.2, -0.15) is 0 Å². The smallest absolute Gasteiger partial charge is 0.472 e. The molecule has 0 aromatic heterocycles. The first kappa shape index (κ1) is 51.1. The highest BCUT2D eigenvalue weighted by Crippen LogP contribution is 2.43. The summed E-state index contributed by atoms with van der Waals surface area (Å²) in [6.45, 7) is 4.96. The molecule has 0 heterocycles. The summed E-state index contributed by atoms with van der Waals surface area (Å²) < 4.78 is 34.7. The quantitative estimate of drug-likeness (QED) is 0.0218. The van der Waals surface area contributed by atoms with E-state index in [9.17, 15) is 14.3 Å². The number of unbranched alkanes of at least 4 members (excludes halogenated alkanes) is 27. The number of phosphoric ester groups is 1. The van der Waals surface area contributed by atoms with Crippen molar-refractivity contribution in [3.63, 3.8) is 0 Å². The van der Waals surface area contributed by atoms with Gasteiger partial charge in [0.1, 0.15) is 19.8 Å². The van der Waals surface area contributed by atoms with E-state index in [4.69, 9.17) is 18.5 Å². The highest BCUT2D eigenvalue weighted by Gasteiger charge is 2.26. The van der Waals surface area contributed by atoms with E-state index in [0.29, 0.717) is 17.4 Å². The molecule has 0 bridgehead atoms. The molecule has 0 rings (SSSR count). The van der Waals surface area contributed by atoms with Crippen LogP contribution in [0.5, 0.6) is 0 Å². The maximum Gasteiger partial charge on any atom is 0.472 e. The maximum absolute atomic E-state index is 12.7. The summed E-state index contributed by atoms with van der Waals surface area (Å²) in [5.74, 6) is -0.332. The number of nitrogens with zero attached hydrogens (tertiary/aromatic N) is 1. The number of carbonyl (C=O) groups is 1. The molecule has 310 valence electrons. The molecule has 1 N–H and O–H groups in total. The molecule has 0 saturated heterocycles. The van der Waals surface area contributed by atoms with E-state index in [1.165, 1.54) is 154 Å². The minimum Gasteiger partial charge on any atom is -0.498 e. The average molecular weight is 761 g/mol. The lowest BCUT2D eigenvalue weighted by Gasteiger charge is -2.24. The summed E-state index contributed by atoms with van der Waals surface area (Å²) in [4.78, 5) is 22.8. The van der Waals surface area contributed by atoms with Crippen LogP contribution in [0.25, 0.3) is 0 Å². The molecule has 52 heavy (non-hydrogen) atoms. The predicted octanol–water partition coefficient (Wildman–Crippen LogP) is 13.0. The van der Waals surface area contributed by atoms with Gasteiger partial charge in [-0.25, -0.2) is 4.57 Å². The summed E-state index contributed by atoms with van der Waals surface area (Å²) >= 11 is 0. The SMILES string of the molecule is CCCCCCCCCCCCCC/C=C\OC[C@H](COP(=O)(O)OCC[N+](C)(C)C)OC(=O)CCCCCCCCCCCCCCCCCC. The third-order valence-corrected chi connectivity index (χ3v) is 10.7. The number of hydrogen-bond donors (Lipinski definition) is 1. The van der Waals surface area contributed by atoms with Crippen LogP contribution in [0.15, 0.2) is 12.3 Å². The molecule has 8 nitrogen and oxygen atoms in total. The van der Waals surface area contributed by atoms with Gasteiger partial charge in [0.15, 0.2) is 6.10 Å². The zero-order valence-electron chi connectivity index (χ0n) is 35.1. The van der Waals surface area contributed by atoms with Gasteiger partial charge in [0.2, 0.25) is 0 Å². The van der Waals surface area contributed by atoms with Crippen LogP contribution in [0.2, 0.25) is 0 Å². The van der Waals surface area contributed by atoms with Crippen LogP contribution in [-0.4, -0.2) is 69.0 Å². The van der Waals surface area contributed by atoms with Crippen LogP contribution < -0.4 is 0 Å². The fourth-order valence-electron chi connectivity index (χ4n) is 6.23. The zero-order valence-corrected chi connectivity index (χ0v) is 36.0. The van der Waals surface area contributed by atoms with Crippen molar-refractivity contribution in [3.8, 4) is 0 Å². The van der Waals surface area contributed by atoms with E-state index in [0.717, 1.165) is 32.1 Å².